The fraction of sp³-hybridized carbons (Fsp3) is 0.667. The van der Waals surface area contributed by atoms with Crippen LogP contribution in [0.25, 0.3) is 10.2 Å². The number of carbonyl (C=O) groups excluding carboxylic acids is 1. The summed E-state index contributed by atoms with van der Waals surface area (Å²) in [6.45, 7) is 4.22. The van der Waals surface area contributed by atoms with E-state index in [4.69, 9.17) is 0 Å². The number of aromatic amines is 1. The number of piperidine rings is 1. The Balaban J connectivity index is 1.13. The van der Waals surface area contributed by atoms with Gasteiger partial charge in [0.25, 0.3) is 5.56 Å². The quantitative estimate of drug-likeness (QED) is 0.787. The highest BCUT2D eigenvalue weighted by Gasteiger charge is 2.28. The molecule has 0 saturated carbocycles. The van der Waals surface area contributed by atoms with Gasteiger partial charge in [0.15, 0.2) is 0 Å². The molecule has 3 aliphatic rings. The fourth-order valence-electron chi connectivity index (χ4n) is 5.03. The molecule has 1 amide bonds. The number of aromatic nitrogens is 2. The number of thiophene rings is 1. The van der Waals surface area contributed by atoms with Crippen molar-refractivity contribution in [3.63, 3.8) is 0 Å². The monoisotopic (exact) mass is 432 g/mol. The molecular formula is C21H28N4O2S2. The van der Waals surface area contributed by atoms with E-state index in [2.05, 4.69) is 14.9 Å². The molecule has 2 saturated heterocycles. The van der Waals surface area contributed by atoms with Gasteiger partial charge in [-0.25, -0.2) is 4.98 Å². The first-order valence-corrected chi connectivity index (χ1v) is 12.8. The van der Waals surface area contributed by atoms with Crippen LogP contribution in [0.1, 0.15) is 48.4 Å². The average molecular weight is 433 g/mol. The summed E-state index contributed by atoms with van der Waals surface area (Å²) in [5.41, 5.74) is 1.20. The van der Waals surface area contributed by atoms with Gasteiger partial charge in [-0.3, -0.25) is 9.59 Å². The Morgan fingerprint density at radius 1 is 1.14 bits per heavy atom. The van der Waals surface area contributed by atoms with Gasteiger partial charge in [-0.2, -0.15) is 0 Å². The first-order chi connectivity index (χ1) is 14.2. The standard InChI is InChI=1S/C21H28N4O2S2/c26-18(25-10-6-14(7-11-25)24-8-1-2-9-24)13-28-12-17-22-20(27)19-15-4-3-5-16(15)29-21(19)23-17/h14H,1-13H2,(H,22,23,27). The zero-order chi connectivity index (χ0) is 19.8. The van der Waals surface area contributed by atoms with E-state index in [1.54, 1.807) is 23.1 Å². The molecule has 5 rings (SSSR count). The normalized spacial score (nSPS) is 20.6. The van der Waals surface area contributed by atoms with Crippen molar-refractivity contribution in [2.75, 3.05) is 31.9 Å². The molecule has 0 unspecified atom stereocenters. The highest BCUT2D eigenvalue weighted by Crippen LogP contribution is 2.34. The van der Waals surface area contributed by atoms with Crippen molar-refractivity contribution in [2.45, 2.75) is 56.7 Å². The predicted octanol–water partition coefficient (Wildman–Crippen LogP) is 2.79. The molecule has 2 aliphatic heterocycles. The molecule has 0 spiro atoms. The number of thioether (sulfide) groups is 1. The van der Waals surface area contributed by atoms with Gasteiger partial charge in [-0.05, 0) is 63.6 Å². The number of likely N-dealkylation sites (tertiary alicyclic amines) is 2. The Morgan fingerprint density at radius 2 is 1.93 bits per heavy atom. The van der Waals surface area contributed by atoms with Crippen molar-refractivity contribution in [3.8, 4) is 0 Å². The largest absolute Gasteiger partial charge is 0.342 e. The zero-order valence-corrected chi connectivity index (χ0v) is 18.4. The number of hydrogen-bond donors (Lipinski definition) is 1. The number of H-pyrrole nitrogens is 1. The number of aryl methyl sites for hydroxylation is 2. The summed E-state index contributed by atoms with van der Waals surface area (Å²) >= 11 is 3.22. The van der Waals surface area contributed by atoms with Crippen LogP contribution in [-0.2, 0) is 23.4 Å². The molecule has 0 bridgehead atoms. The van der Waals surface area contributed by atoms with E-state index in [1.165, 1.54) is 36.4 Å². The predicted molar refractivity (Wildman–Crippen MR) is 119 cm³/mol. The maximum atomic E-state index is 12.6. The van der Waals surface area contributed by atoms with E-state index in [-0.39, 0.29) is 11.5 Å². The third-order valence-electron chi connectivity index (χ3n) is 6.56. The summed E-state index contributed by atoms with van der Waals surface area (Å²) in [6, 6.07) is 0.669. The molecule has 29 heavy (non-hydrogen) atoms. The molecule has 0 radical (unpaired) electrons. The Morgan fingerprint density at radius 3 is 2.72 bits per heavy atom. The molecule has 1 N–H and O–H groups in total. The minimum atomic E-state index is -0.0136. The smallest absolute Gasteiger partial charge is 0.259 e. The molecule has 8 heteroatoms. The molecule has 2 fully saturated rings. The second-order valence-corrected chi connectivity index (χ2v) is 10.5. The topological polar surface area (TPSA) is 69.3 Å². The lowest BCUT2D eigenvalue weighted by Crippen LogP contribution is -2.46. The number of nitrogens with one attached hydrogen (secondary N) is 1. The van der Waals surface area contributed by atoms with Crippen LogP contribution in [0.15, 0.2) is 4.79 Å². The van der Waals surface area contributed by atoms with E-state index < -0.39 is 0 Å². The van der Waals surface area contributed by atoms with Gasteiger partial charge >= 0.3 is 0 Å². The number of fused-ring (bicyclic) bond motifs is 3. The van der Waals surface area contributed by atoms with Crippen molar-refractivity contribution >= 4 is 39.2 Å². The third kappa shape index (κ3) is 3.99. The van der Waals surface area contributed by atoms with Crippen molar-refractivity contribution in [1.82, 2.24) is 19.8 Å². The molecule has 6 nitrogen and oxygen atoms in total. The SMILES string of the molecule is O=C(CSCc1nc2sc3c(c2c(=O)[nH]1)CCC3)N1CCC(N2CCCC2)CC1. The Kier molecular flexibility index (Phi) is 5.67. The maximum Gasteiger partial charge on any atom is 0.259 e. The lowest BCUT2D eigenvalue weighted by molar-refractivity contribution is -0.129. The summed E-state index contributed by atoms with van der Waals surface area (Å²) in [7, 11) is 0. The molecule has 2 aromatic heterocycles. The highest BCUT2D eigenvalue weighted by atomic mass is 32.2. The van der Waals surface area contributed by atoms with Crippen LogP contribution >= 0.6 is 23.1 Å². The van der Waals surface area contributed by atoms with Crippen LogP contribution in [-0.4, -0.2) is 63.6 Å². The van der Waals surface area contributed by atoms with Gasteiger partial charge in [0, 0.05) is 24.0 Å². The molecule has 0 atom stereocenters. The van der Waals surface area contributed by atoms with Crippen LogP contribution in [0, 0.1) is 0 Å². The van der Waals surface area contributed by atoms with Crippen LogP contribution in [0.4, 0.5) is 0 Å². The van der Waals surface area contributed by atoms with Gasteiger partial charge < -0.3 is 14.8 Å². The summed E-state index contributed by atoms with van der Waals surface area (Å²) in [4.78, 5) is 39.6. The first-order valence-electron chi connectivity index (χ1n) is 10.8. The Hall–Kier alpha value is -1.38. The number of nitrogens with zero attached hydrogens (tertiary/aromatic N) is 3. The van der Waals surface area contributed by atoms with Crippen molar-refractivity contribution in [3.05, 3.63) is 26.6 Å². The number of amides is 1. The van der Waals surface area contributed by atoms with Crippen LogP contribution in [0.3, 0.4) is 0 Å². The van der Waals surface area contributed by atoms with Crippen LogP contribution in [0.5, 0.6) is 0 Å². The van der Waals surface area contributed by atoms with Gasteiger partial charge in [0.2, 0.25) is 5.91 Å². The maximum absolute atomic E-state index is 12.6. The Bertz CT molecular complexity index is 955. The van der Waals surface area contributed by atoms with E-state index in [0.29, 0.717) is 23.4 Å². The zero-order valence-electron chi connectivity index (χ0n) is 16.7. The molecular weight excluding hydrogens is 404 g/mol. The lowest BCUT2D eigenvalue weighted by atomic mass is 10.0. The molecule has 2 aromatic rings. The number of hydrogen-bond acceptors (Lipinski definition) is 6. The average Bonchev–Trinajstić information content (AvgIpc) is 3.45. The van der Waals surface area contributed by atoms with Gasteiger partial charge in [0.05, 0.1) is 16.9 Å². The first kappa shape index (κ1) is 19.6. The van der Waals surface area contributed by atoms with E-state index in [1.807, 2.05) is 4.90 Å². The summed E-state index contributed by atoms with van der Waals surface area (Å²) in [5, 5.41) is 0.799. The molecule has 0 aromatic carbocycles. The minimum absolute atomic E-state index is 0.0136. The number of rotatable bonds is 5. The van der Waals surface area contributed by atoms with Gasteiger partial charge in [-0.1, -0.05) is 0 Å². The van der Waals surface area contributed by atoms with E-state index in [9.17, 15) is 9.59 Å². The molecule has 156 valence electrons. The second kappa shape index (κ2) is 8.40. The number of carbonyl (C=O) groups is 1. The van der Waals surface area contributed by atoms with Gasteiger partial charge in [-0.15, -0.1) is 23.1 Å². The van der Waals surface area contributed by atoms with E-state index >= 15 is 0 Å². The fourth-order valence-corrected chi connectivity index (χ4v) is 7.10. The van der Waals surface area contributed by atoms with Crippen molar-refractivity contribution in [1.29, 1.82) is 0 Å². The van der Waals surface area contributed by atoms with Crippen molar-refractivity contribution in [2.24, 2.45) is 0 Å². The lowest BCUT2D eigenvalue weighted by Gasteiger charge is -2.36. The molecule has 1 aliphatic carbocycles. The summed E-state index contributed by atoms with van der Waals surface area (Å²) in [6.07, 6.45) is 8.07. The van der Waals surface area contributed by atoms with Crippen LogP contribution < -0.4 is 5.56 Å². The highest BCUT2D eigenvalue weighted by molar-refractivity contribution is 7.99. The van der Waals surface area contributed by atoms with E-state index in [0.717, 1.165) is 55.4 Å². The van der Waals surface area contributed by atoms with Crippen LogP contribution in [0.2, 0.25) is 0 Å². The van der Waals surface area contributed by atoms with Gasteiger partial charge in [0.1, 0.15) is 10.7 Å². The molecule has 4 heterocycles. The minimum Gasteiger partial charge on any atom is -0.342 e. The Labute approximate surface area is 179 Å². The van der Waals surface area contributed by atoms with Crippen molar-refractivity contribution < 1.29 is 4.79 Å². The summed E-state index contributed by atoms with van der Waals surface area (Å²) in [5.74, 6) is 1.93. The third-order valence-corrected chi connectivity index (χ3v) is 8.68. The second-order valence-electron chi connectivity index (χ2n) is 8.40. The summed E-state index contributed by atoms with van der Waals surface area (Å²) < 4.78 is 0.